The Hall–Kier alpha value is -1.99. The van der Waals surface area contributed by atoms with Crippen LogP contribution in [-0.4, -0.2) is 13.1 Å². The van der Waals surface area contributed by atoms with Gasteiger partial charge in [-0.15, -0.1) is 0 Å². The molecule has 90 valence electrons. The molecule has 0 bridgehead atoms. The van der Waals surface area contributed by atoms with Gasteiger partial charge < -0.3 is 9.15 Å². The van der Waals surface area contributed by atoms with E-state index in [-0.39, 0.29) is 5.76 Å². The Bertz CT molecular complexity index is 617. The Morgan fingerprint density at radius 2 is 2.00 bits per heavy atom. The zero-order valence-electron chi connectivity index (χ0n) is 9.57. The number of furan rings is 1. The van der Waals surface area contributed by atoms with E-state index >= 15 is 0 Å². The molecule has 0 fully saturated rings. The molecule has 0 amide bonds. The van der Waals surface area contributed by atoms with Gasteiger partial charge >= 0.3 is 5.97 Å². The molecule has 0 aliphatic carbocycles. The molecular weight excluding hydrogens is 296 g/mol. The molecule has 0 spiro atoms. The Morgan fingerprint density at radius 3 is 2.67 bits per heavy atom. The summed E-state index contributed by atoms with van der Waals surface area (Å²) < 4.78 is 10.5. The van der Waals surface area contributed by atoms with Crippen molar-refractivity contribution in [3.8, 4) is 11.8 Å². The fraction of sp³-hybridized carbons (Fsp3) is 0.0714. The predicted molar refractivity (Wildman–Crippen MR) is 70.2 cm³/mol. The molecule has 0 unspecified atom stereocenters. The normalized spacial score (nSPS) is 9.44. The van der Waals surface area contributed by atoms with Gasteiger partial charge in [-0.2, -0.15) is 0 Å². The number of hydrogen-bond donors (Lipinski definition) is 0. The summed E-state index contributed by atoms with van der Waals surface area (Å²) in [6.07, 6.45) is 0. The molecule has 2 rings (SSSR count). The first kappa shape index (κ1) is 12.5. The van der Waals surface area contributed by atoms with Gasteiger partial charge in [-0.05, 0) is 34.0 Å². The van der Waals surface area contributed by atoms with Crippen molar-refractivity contribution >= 4 is 21.9 Å². The summed E-state index contributed by atoms with van der Waals surface area (Å²) >= 11 is 3.28. The monoisotopic (exact) mass is 304 g/mol. The lowest BCUT2D eigenvalue weighted by Crippen LogP contribution is -1.98. The van der Waals surface area contributed by atoms with E-state index in [1.165, 1.54) is 7.11 Å². The maximum atomic E-state index is 11.3. The number of halogens is 1. The van der Waals surface area contributed by atoms with Crippen molar-refractivity contribution in [2.24, 2.45) is 0 Å². The number of carbonyl (C=O) groups excluding carboxylic acids is 1. The number of ether oxygens (including phenoxy) is 1. The van der Waals surface area contributed by atoms with E-state index in [2.05, 4.69) is 32.5 Å². The SMILES string of the molecule is COC(=O)c1cc(Br)c(C#Cc2ccccc2)o1. The molecule has 2 aromatic rings. The van der Waals surface area contributed by atoms with Crippen LogP contribution in [0.15, 0.2) is 45.3 Å². The number of esters is 1. The Morgan fingerprint density at radius 1 is 1.28 bits per heavy atom. The predicted octanol–water partition coefficient (Wildman–Crippen LogP) is 3.23. The van der Waals surface area contributed by atoms with Gasteiger partial charge in [-0.25, -0.2) is 4.79 Å². The molecule has 1 aromatic carbocycles. The van der Waals surface area contributed by atoms with Crippen LogP contribution in [0.4, 0.5) is 0 Å². The van der Waals surface area contributed by atoms with E-state index in [9.17, 15) is 4.79 Å². The minimum absolute atomic E-state index is 0.127. The third-order valence-electron chi connectivity index (χ3n) is 2.17. The van der Waals surface area contributed by atoms with E-state index in [1.54, 1.807) is 6.07 Å². The van der Waals surface area contributed by atoms with Gasteiger partial charge in [-0.3, -0.25) is 0 Å². The molecular formula is C14H9BrO3. The van der Waals surface area contributed by atoms with E-state index in [1.807, 2.05) is 30.3 Å². The van der Waals surface area contributed by atoms with Gasteiger partial charge in [0, 0.05) is 11.6 Å². The Labute approximate surface area is 113 Å². The van der Waals surface area contributed by atoms with Crippen LogP contribution in [-0.2, 0) is 4.74 Å². The number of hydrogen-bond acceptors (Lipinski definition) is 3. The molecule has 0 N–H and O–H groups in total. The van der Waals surface area contributed by atoms with Gasteiger partial charge in [0.2, 0.25) is 5.76 Å². The molecule has 1 aromatic heterocycles. The second-order valence-electron chi connectivity index (χ2n) is 3.40. The van der Waals surface area contributed by atoms with Crippen molar-refractivity contribution in [3.05, 3.63) is 58.0 Å². The lowest BCUT2D eigenvalue weighted by Gasteiger charge is -1.91. The van der Waals surface area contributed by atoms with Crippen molar-refractivity contribution in [1.82, 2.24) is 0 Å². The highest BCUT2D eigenvalue weighted by Gasteiger charge is 2.14. The summed E-state index contributed by atoms with van der Waals surface area (Å²) in [5.74, 6) is 5.81. The lowest BCUT2D eigenvalue weighted by atomic mass is 10.2. The van der Waals surface area contributed by atoms with E-state index in [0.717, 1.165) is 5.56 Å². The standard InChI is InChI=1S/C14H9BrO3/c1-17-14(16)13-9-11(15)12(18-13)8-7-10-5-3-2-4-6-10/h2-6,9H,1H3. The summed E-state index contributed by atoms with van der Waals surface area (Å²) in [4.78, 5) is 11.3. The van der Waals surface area contributed by atoms with Crippen molar-refractivity contribution in [3.63, 3.8) is 0 Å². The zero-order valence-corrected chi connectivity index (χ0v) is 11.2. The second-order valence-corrected chi connectivity index (χ2v) is 4.25. The highest BCUT2D eigenvalue weighted by atomic mass is 79.9. The van der Waals surface area contributed by atoms with Crippen molar-refractivity contribution in [2.75, 3.05) is 7.11 Å². The molecule has 0 saturated heterocycles. The maximum absolute atomic E-state index is 11.3. The highest BCUT2D eigenvalue weighted by molar-refractivity contribution is 9.10. The van der Waals surface area contributed by atoms with Gasteiger partial charge in [0.25, 0.3) is 0 Å². The summed E-state index contributed by atoms with van der Waals surface area (Å²) in [5.41, 5.74) is 0.875. The van der Waals surface area contributed by atoms with Gasteiger partial charge in [0.15, 0.2) is 5.76 Å². The first-order valence-corrected chi connectivity index (χ1v) is 5.94. The molecule has 0 radical (unpaired) electrons. The fourth-order valence-corrected chi connectivity index (χ4v) is 1.69. The topological polar surface area (TPSA) is 39.4 Å². The number of benzene rings is 1. The second kappa shape index (κ2) is 5.56. The van der Waals surface area contributed by atoms with Crippen LogP contribution in [0.3, 0.4) is 0 Å². The molecule has 0 aliphatic rings. The average molecular weight is 305 g/mol. The summed E-state index contributed by atoms with van der Waals surface area (Å²) in [5, 5.41) is 0. The lowest BCUT2D eigenvalue weighted by molar-refractivity contribution is 0.0564. The molecule has 0 aliphatic heterocycles. The molecule has 18 heavy (non-hydrogen) atoms. The van der Waals surface area contributed by atoms with Gasteiger partial charge in [0.05, 0.1) is 11.6 Å². The number of rotatable bonds is 1. The van der Waals surface area contributed by atoms with E-state index in [0.29, 0.717) is 10.2 Å². The molecule has 1 heterocycles. The average Bonchev–Trinajstić information content (AvgIpc) is 2.78. The van der Waals surface area contributed by atoms with Gasteiger partial charge in [-0.1, -0.05) is 24.1 Å². The van der Waals surface area contributed by atoms with Crippen molar-refractivity contribution in [2.45, 2.75) is 0 Å². The largest absolute Gasteiger partial charge is 0.463 e. The van der Waals surface area contributed by atoms with Crippen LogP contribution in [0, 0.1) is 11.8 Å². The third kappa shape index (κ3) is 2.82. The van der Waals surface area contributed by atoms with E-state index in [4.69, 9.17) is 4.42 Å². The molecule has 4 heteroatoms. The summed E-state index contributed by atoms with van der Waals surface area (Å²) in [6.45, 7) is 0. The number of methoxy groups -OCH3 is 1. The third-order valence-corrected chi connectivity index (χ3v) is 2.76. The molecule has 0 saturated carbocycles. The maximum Gasteiger partial charge on any atom is 0.374 e. The van der Waals surface area contributed by atoms with Crippen molar-refractivity contribution in [1.29, 1.82) is 0 Å². The van der Waals surface area contributed by atoms with Crippen LogP contribution in [0.25, 0.3) is 0 Å². The van der Waals surface area contributed by atoms with Gasteiger partial charge in [0.1, 0.15) is 0 Å². The van der Waals surface area contributed by atoms with E-state index < -0.39 is 5.97 Å². The quantitative estimate of drug-likeness (QED) is 0.600. The molecule has 3 nitrogen and oxygen atoms in total. The summed E-state index contributed by atoms with van der Waals surface area (Å²) in [6, 6.07) is 11.1. The first-order chi connectivity index (χ1) is 8.70. The van der Waals surface area contributed by atoms with Crippen LogP contribution in [0.2, 0.25) is 0 Å². The highest BCUT2D eigenvalue weighted by Crippen LogP contribution is 2.21. The molecule has 0 atom stereocenters. The van der Waals surface area contributed by atoms with Crippen LogP contribution in [0.1, 0.15) is 21.9 Å². The smallest absolute Gasteiger partial charge is 0.374 e. The summed E-state index contributed by atoms with van der Waals surface area (Å²) in [7, 11) is 1.30. The minimum Gasteiger partial charge on any atom is -0.463 e. The van der Waals surface area contributed by atoms with Crippen LogP contribution in [0.5, 0.6) is 0 Å². The van der Waals surface area contributed by atoms with Crippen molar-refractivity contribution < 1.29 is 13.9 Å². The zero-order chi connectivity index (χ0) is 13.0. The number of carbonyl (C=O) groups is 1. The first-order valence-electron chi connectivity index (χ1n) is 5.15. The minimum atomic E-state index is -0.525. The Kier molecular flexibility index (Phi) is 3.85. The Balaban J connectivity index is 2.28. The fourth-order valence-electron chi connectivity index (χ4n) is 1.31. The van der Waals surface area contributed by atoms with Crippen LogP contribution >= 0.6 is 15.9 Å². The van der Waals surface area contributed by atoms with Crippen LogP contribution < -0.4 is 0 Å².